The van der Waals surface area contributed by atoms with E-state index in [1.54, 1.807) is 0 Å². The molecule has 2 rings (SSSR count). The number of methoxy groups -OCH3 is 1. The van der Waals surface area contributed by atoms with Crippen LogP contribution in [0.4, 0.5) is 5.69 Å². The maximum Gasteiger partial charge on any atom is 0.335 e. The number of hydrogen-bond donors (Lipinski definition) is 2. The van der Waals surface area contributed by atoms with Crippen LogP contribution in [0.2, 0.25) is 0 Å². The molecule has 0 aromatic heterocycles. The molecule has 0 unspecified atom stereocenters. The number of unbranched alkanes of at least 4 members (excludes halogenated alkanes) is 1. The number of carboxylic acids is 1. The van der Waals surface area contributed by atoms with Crippen molar-refractivity contribution in [2.75, 3.05) is 19.0 Å². The van der Waals surface area contributed by atoms with Gasteiger partial charge in [-0.3, -0.25) is 4.79 Å². The number of amides is 1. The molecule has 6 heteroatoms. The number of ether oxygens (including phenoxy) is 2. The van der Waals surface area contributed by atoms with Crippen molar-refractivity contribution >= 4 is 17.6 Å². The lowest BCUT2D eigenvalue weighted by Crippen LogP contribution is -2.13. The van der Waals surface area contributed by atoms with Crippen LogP contribution in [0.1, 0.15) is 35.2 Å². The molecule has 0 atom stereocenters. The SMILES string of the molecule is COc1cc(C(=O)O)ccc1NC(=O)CCCCOc1cccc(C)c1. The Morgan fingerprint density at radius 1 is 1.12 bits per heavy atom. The molecule has 0 bridgehead atoms. The predicted molar refractivity (Wildman–Crippen MR) is 99.1 cm³/mol. The van der Waals surface area contributed by atoms with Gasteiger partial charge in [-0.05, 0) is 55.7 Å². The fourth-order valence-electron chi connectivity index (χ4n) is 2.42. The van der Waals surface area contributed by atoms with Gasteiger partial charge in [-0.1, -0.05) is 12.1 Å². The van der Waals surface area contributed by atoms with Crippen LogP contribution < -0.4 is 14.8 Å². The van der Waals surface area contributed by atoms with E-state index in [1.165, 1.54) is 25.3 Å². The van der Waals surface area contributed by atoms with Crippen molar-refractivity contribution in [2.45, 2.75) is 26.2 Å². The van der Waals surface area contributed by atoms with Gasteiger partial charge in [-0.2, -0.15) is 0 Å². The molecule has 0 saturated heterocycles. The Morgan fingerprint density at radius 3 is 2.62 bits per heavy atom. The number of rotatable bonds is 9. The average molecular weight is 357 g/mol. The minimum atomic E-state index is -1.05. The van der Waals surface area contributed by atoms with Gasteiger partial charge in [0.05, 0.1) is 25.0 Å². The van der Waals surface area contributed by atoms with E-state index in [1.807, 2.05) is 31.2 Å². The highest BCUT2D eigenvalue weighted by atomic mass is 16.5. The first-order chi connectivity index (χ1) is 12.5. The molecule has 0 spiro atoms. The van der Waals surface area contributed by atoms with Gasteiger partial charge >= 0.3 is 5.97 Å². The Hall–Kier alpha value is -3.02. The summed E-state index contributed by atoms with van der Waals surface area (Å²) in [5, 5.41) is 11.7. The minimum Gasteiger partial charge on any atom is -0.495 e. The number of carboxylic acid groups (broad SMARTS) is 1. The molecule has 138 valence electrons. The van der Waals surface area contributed by atoms with Crippen molar-refractivity contribution in [2.24, 2.45) is 0 Å². The highest BCUT2D eigenvalue weighted by Gasteiger charge is 2.11. The highest BCUT2D eigenvalue weighted by molar-refractivity contribution is 5.94. The van der Waals surface area contributed by atoms with E-state index >= 15 is 0 Å². The third-order valence-corrected chi connectivity index (χ3v) is 3.78. The fraction of sp³-hybridized carbons (Fsp3) is 0.300. The number of aromatic carboxylic acids is 1. The standard InChI is InChI=1S/C20H23NO5/c1-14-6-5-7-16(12-14)26-11-4-3-8-19(22)21-17-10-9-15(20(23)24)13-18(17)25-2/h5-7,9-10,12-13H,3-4,8,11H2,1-2H3,(H,21,22)(H,23,24). The Kier molecular flexibility index (Phi) is 7.02. The van der Waals surface area contributed by atoms with Crippen molar-refractivity contribution in [3.8, 4) is 11.5 Å². The van der Waals surface area contributed by atoms with Gasteiger partial charge in [0, 0.05) is 6.42 Å². The van der Waals surface area contributed by atoms with Crippen molar-refractivity contribution in [3.63, 3.8) is 0 Å². The molecule has 0 aliphatic rings. The molecule has 1 amide bonds. The number of aryl methyl sites for hydroxylation is 1. The van der Waals surface area contributed by atoms with Gasteiger partial charge < -0.3 is 19.9 Å². The molecule has 0 fully saturated rings. The van der Waals surface area contributed by atoms with E-state index < -0.39 is 5.97 Å². The topological polar surface area (TPSA) is 84.9 Å². The molecule has 0 heterocycles. The van der Waals surface area contributed by atoms with Crippen molar-refractivity contribution < 1.29 is 24.2 Å². The minimum absolute atomic E-state index is 0.105. The molecular formula is C20H23NO5. The summed E-state index contributed by atoms with van der Waals surface area (Å²) in [6.45, 7) is 2.56. The lowest BCUT2D eigenvalue weighted by molar-refractivity contribution is -0.116. The van der Waals surface area contributed by atoms with Gasteiger partial charge in [-0.15, -0.1) is 0 Å². The average Bonchev–Trinajstić information content (AvgIpc) is 2.61. The first kappa shape index (κ1) is 19.3. The van der Waals surface area contributed by atoms with E-state index in [9.17, 15) is 9.59 Å². The van der Waals surface area contributed by atoms with Crippen molar-refractivity contribution in [1.29, 1.82) is 0 Å². The third-order valence-electron chi connectivity index (χ3n) is 3.78. The Labute approximate surface area is 152 Å². The van der Waals surface area contributed by atoms with E-state index in [-0.39, 0.29) is 11.5 Å². The lowest BCUT2D eigenvalue weighted by Gasteiger charge is -2.11. The highest BCUT2D eigenvalue weighted by Crippen LogP contribution is 2.26. The zero-order valence-corrected chi connectivity index (χ0v) is 15.0. The molecule has 0 saturated carbocycles. The molecule has 2 aromatic rings. The molecule has 26 heavy (non-hydrogen) atoms. The number of benzene rings is 2. The van der Waals surface area contributed by atoms with Crippen LogP contribution in [0.15, 0.2) is 42.5 Å². The van der Waals surface area contributed by atoms with Gasteiger partial charge in [0.2, 0.25) is 5.91 Å². The lowest BCUT2D eigenvalue weighted by atomic mass is 10.1. The Balaban J connectivity index is 1.76. The van der Waals surface area contributed by atoms with Crippen LogP contribution in [0, 0.1) is 6.92 Å². The van der Waals surface area contributed by atoms with Gasteiger partial charge in [0.25, 0.3) is 0 Å². The number of hydrogen-bond acceptors (Lipinski definition) is 4. The van der Waals surface area contributed by atoms with Crippen LogP contribution in [0.3, 0.4) is 0 Å². The molecule has 2 N–H and O–H groups in total. The van der Waals surface area contributed by atoms with Crippen LogP contribution in [-0.4, -0.2) is 30.7 Å². The van der Waals surface area contributed by atoms with Gasteiger partial charge in [-0.25, -0.2) is 4.79 Å². The van der Waals surface area contributed by atoms with Gasteiger partial charge in [0.15, 0.2) is 0 Å². The van der Waals surface area contributed by atoms with Crippen LogP contribution >= 0.6 is 0 Å². The summed E-state index contributed by atoms with van der Waals surface area (Å²) in [5.41, 5.74) is 1.70. The molecule has 0 radical (unpaired) electrons. The maximum absolute atomic E-state index is 12.1. The smallest absolute Gasteiger partial charge is 0.335 e. The van der Waals surface area contributed by atoms with Crippen molar-refractivity contribution in [3.05, 3.63) is 53.6 Å². The van der Waals surface area contributed by atoms with E-state index in [4.69, 9.17) is 14.6 Å². The zero-order valence-electron chi connectivity index (χ0n) is 15.0. The number of anilines is 1. The Morgan fingerprint density at radius 2 is 1.92 bits per heavy atom. The molecule has 6 nitrogen and oxygen atoms in total. The third kappa shape index (κ3) is 5.81. The quantitative estimate of drug-likeness (QED) is 0.665. The molecular weight excluding hydrogens is 334 g/mol. The number of nitrogens with one attached hydrogen (secondary N) is 1. The summed E-state index contributed by atoms with van der Waals surface area (Å²) < 4.78 is 10.8. The maximum atomic E-state index is 12.1. The fourth-order valence-corrected chi connectivity index (χ4v) is 2.42. The summed E-state index contributed by atoms with van der Waals surface area (Å²) in [5.74, 6) is -0.0459. The summed E-state index contributed by atoms with van der Waals surface area (Å²) in [6.07, 6.45) is 1.80. The summed E-state index contributed by atoms with van der Waals surface area (Å²) in [7, 11) is 1.43. The number of carbonyl (C=O) groups is 2. The van der Waals surface area contributed by atoms with Crippen LogP contribution in [0.5, 0.6) is 11.5 Å². The molecule has 0 aliphatic heterocycles. The second-order valence-electron chi connectivity index (χ2n) is 5.89. The Bertz CT molecular complexity index is 773. The normalized spacial score (nSPS) is 10.2. The zero-order chi connectivity index (χ0) is 18.9. The number of carbonyl (C=O) groups excluding carboxylic acids is 1. The largest absolute Gasteiger partial charge is 0.495 e. The predicted octanol–water partition coefficient (Wildman–Crippen LogP) is 3.89. The van der Waals surface area contributed by atoms with Crippen molar-refractivity contribution in [1.82, 2.24) is 0 Å². The summed E-state index contributed by atoms with van der Waals surface area (Å²) >= 11 is 0. The second kappa shape index (κ2) is 9.46. The van der Waals surface area contributed by atoms with Crippen LogP contribution in [0.25, 0.3) is 0 Å². The van der Waals surface area contributed by atoms with E-state index in [0.29, 0.717) is 30.9 Å². The summed E-state index contributed by atoms with van der Waals surface area (Å²) in [6, 6.07) is 12.2. The van der Waals surface area contributed by atoms with E-state index in [0.717, 1.165) is 17.7 Å². The first-order valence-corrected chi connectivity index (χ1v) is 8.40. The molecule has 0 aliphatic carbocycles. The van der Waals surface area contributed by atoms with Gasteiger partial charge in [0.1, 0.15) is 11.5 Å². The van der Waals surface area contributed by atoms with E-state index in [2.05, 4.69) is 5.32 Å². The van der Waals surface area contributed by atoms with Crippen LogP contribution in [-0.2, 0) is 4.79 Å². The monoisotopic (exact) mass is 357 g/mol. The first-order valence-electron chi connectivity index (χ1n) is 8.40. The second-order valence-corrected chi connectivity index (χ2v) is 5.89. The summed E-state index contributed by atoms with van der Waals surface area (Å²) in [4.78, 5) is 23.0. The molecule has 2 aromatic carbocycles.